The lowest BCUT2D eigenvalue weighted by Gasteiger charge is -2.22. The molecule has 1 atom stereocenters. The van der Waals surface area contributed by atoms with E-state index in [1.807, 2.05) is 6.07 Å². The van der Waals surface area contributed by atoms with Crippen LogP contribution in [0.2, 0.25) is 0 Å². The van der Waals surface area contributed by atoms with Crippen LogP contribution in [0.1, 0.15) is 44.2 Å². The molecule has 9 heteroatoms. The summed E-state index contributed by atoms with van der Waals surface area (Å²) in [5.74, 6) is -1.04. The Bertz CT molecular complexity index is 864. The number of amides is 5. The number of hydrogen-bond donors (Lipinski definition) is 1. The largest absolute Gasteiger partial charge is 0.486 e. The highest BCUT2D eigenvalue weighted by Gasteiger charge is 2.48. The Balaban J connectivity index is 1.39. The minimum atomic E-state index is -0.941. The second-order valence-electron chi connectivity index (χ2n) is 7.48. The monoisotopic (exact) mass is 401 g/mol. The van der Waals surface area contributed by atoms with Gasteiger partial charge >= 0.3 is 17.8 Å². The maximum absolute atomic E-state index is 12.6. The van der Waals surface area contributed by atoms with Crippen LogP contribution in [0.5, 0.6) is 11.5 Å². The lowest BCUT2D eigenvalue weighted by molar-refractivity contribution is -0.144. The van der Waals surface area contributed by atoms with Crippen molar-refractivity contribution < 1.29 is 28.7 Å². The average Bonchev–Trinajstić information content (AvgIpc) is 3.31. The Morgan fingerprint density at radius 3 is 2.52 bits per heavy atom. The summed E-state index contributed by atoms with van der Waals surface area (Å²) in [4.78, 5) is 51.2. The number of nitrogens with zero attached hydrogens (tertiary/aromatic N) is 2. The number of ether oxygens (including phenoxy) is 2. The van der Waals surface area contributed by atoms with Gasteiger partial charge in [0, 0.05) is 6.04 Å². The molecule has 1 saturated heterocycles. The van der Waals surface area contributed by atoms with Gasteiger partial charge in [-0.05, 0) is 37.5 Å². The van der Waals surface area contributed by atoms with Crippen LogP contribution in [-0.4, -0.2) is 59.4 Å². The number of rotatable bonds is 5. The van der Waals surface area contributed by atoms with Gasteiger partial charge in [-0.25, -0.2) is 9.69 Å². The molecule has 4 rings (SSSR count). The van der Waals surface area contributed by atoms with Crippen molar-refractivity contribution in [1.29, 1.82) is 0 Å². The molecule has 1 aromatic carbocycles. The van der Waals surface area contributed by atoms with Gasteiger partial charge in [0.05, 0.1) is 6.04 Å². The lowest BCUT2D eigenvalue weighted by atomic mass is 10.1. The van der Waals surface area contributed by atoms with Gasteiger partial charge < -0.3 is 14.8 Å². The molecule has 1 saturated carbocycles. The van der Waals surface area contributed by atoms with Crippen LogP contribution in [0.4, 0.5) is 4.79 Å². The summed E-state index contributed by atoms with van der Waals surface area (Å²) in [6, 6.07) is 4.05. The van der Waals surface area contributed by atoms with Crippen LogP contribution in [0, 0.1) is 0 Å². The van der Waals surface area contributed by atoms with E-state index in [2.05, 4.69) is 5.32 Å². The van der Waals surface area contributed by atoms with Crippen molar-refractivity contribution >= 4 is 23.8 Å². The first kappa shape index (κ1) is 19.2. The first-order valence-electron chi connectivity index (χ1n) is 9.83. The summed E-state index contributed by atoms with van der Waals surface area (Å²) in [5.41, 5.74) is 0.797. The molecule has 0 unspecified atom stereocenters. The van der Waals surface area contributed by atoms with Crippen LogP contribution in [-0.2, 0) is 14.4 Å². The number of urea groups is 1. The van der Waals surface area contributed by atoms with Gasteiger partial charge in [-0.15, -0.1) is 0 Å². The van der Waals surface area contributed by atoms with E-state index in [9.17, 15) is 19.2 Å². The molecule has 1 N–H and O–H groups in total. The van der Waals surface area contributed by atoms with Gasteiger partial charge in [0.25, 0.3) is 0 Å². The third-order valence-electron chi connectivity index (χ3n) is 5.52. The summed E-state index contributed by atoms with van der Waals surface area (Å²) < 4.78 is 11.0. The van der Waals surface area contributed by atoms with Crippen LogP contribution in [0.15, 0.2) is 18.2 Å². The van der Waals surface area contributed by atoms with E-state index in [0.29, 0.717) is 37.6 Å². The van der Waals surface area contributed by atoms with Crippen molar-refractivity contribution in [2.24, 2.45) is 0 Å². The molecule has 0 aromatic heterocycles. The Morgan fingerprint density at radius 1 is 1.10 bits per heavy atom. The maximum Gasteiger partial charge on any atom is 0.334 e. The molecular formula is C20H23N3O6. The fraction of sp³-hybridized carbons (Fsp3) is 0.500. The van der Waals surface area contributed by atoms with Crippen LogP contribution in [0.25, 0.3) is 0 Å². The zero-order chi connectivity index (χ0) is 20.5. The molecule has 9 nitrogen and oxygen atoms in total. The number of imide groups is 2. The Kier molecular flexibility index (Phi) is 5.12. The van der Waals surface area contributed by atoms with E-state index >= 15 is 0 Å². The smallest absolute Gasteiger partial charge is 0.334 e. The molecule has 3 aliphatic rings. The Hall–Kier alpha value is -3.10. The normalized spacial score (nSPS) is 20.4. The zero-order valence-electron chi connectivity index (χ0n) is 16.2. The molecule has 1 aliphatic carbocycles. The molecule has 29 heavy (non-hydrogen) atoms. The van der Waals surface area contributed by atoms with Crippen molar-refractivity contribution in [2.75, 3.05) is 19.8 Å². The van der Waals surface area contributed by atoms with E-state index in [4.69, 9.17) is 9.47 Å². The predicted octanol–water partition coefficient (Wildman–Crippen LogP) is 1.37. The second kappa shape index (κ2) is 7.73. The third-order valence-corrected chi connectivity index (χ3v) is 5.52. The van der Waals surface area contributed by atoms with E-state index in [0.717, 1.165) is 28.2 Å². The Labute approximate surface area is 167 Å². The first-order chi connectivity index (χ1) is 14.0. The van der Waals surface area contributed by atoms with Gasteiger partial charge in [-0.1, -0.05) is 18.9 Å². The number of nitrogens with one attached hydrogen (secondary N) is 1. The Morgan fingerprint density at radius 2 is 1.79 bits per heavy atom. The standard InChI is InChI=1S/C20H23N3O6/c1-12(13-6-7-15-16(10-13)29-9-8-28-15)21-17(24)11-22-18(25)19(26)23(20(22)27)14-4-2-3-5-14/h6-7,10,12,14H,2-5,8-9,11H2,1H3,(H,21,24)/t12-/m1/s1. The topological polar surface area (TPSA) is 105 Å². The van der Waals surface area contributed by atoms with Crippen molar-refractivity contribution in [2.45, 2.75) is 44.7 Å². The van der Waals surface area contributed by atoms with Crippen LogP contribution < -0.4 is 14.8 Å². The molecule has 5 amide bonds. The molecule has 1 aromatic rings. The van der Waals surface area contributed by atoms with Gasteiger partial charge in [-0.2, -0.15) is 0 Å². The van der Waals surface area contributed by atoms with Crippen molar-refractivity contribution in [3.8, 4) is 11.5 Å². The van der Waals surface area contributed by atoms with Gasteiger partial charge in [0.2, 0.25) is 5.91 Å². The van der Waals surface area contributed by atoms with Gasteiger partial charge in [-0.3, -0.25) is 19.3 Å². The number of hydrogen-bond acceptors (Lipinski definition) is 6. The van der Waals surface area contributed by atoms with Crippen molar-refractivity contribution in [1.82, 2.24) is 15.1 Å². The molecule has 2 aliphatic heterocycles. The van der Waals surface area contributed by atoms with E-state index in [-0.39, 0.29) is 12.1 Å². The van der Waals surface area contributed by atoms with E-state index < -0.39 is 30.3 Å². The fourth-order valence-electron chi connectivity index (χ4n) is 3.99. The van der Waals surface area contributed by atoms with Crippen LogP contribution in [0.3, 0.4) is 0 Å². The summed E-state index contributed by atoms with van der Waals surface area (Å²) in [6.45, 7) is 2.25. The highest BCUT2D eigenvalue weighted by atomic mass is 16.6. The fourth-order valence-corrected chi connectivity index (χ4v) is 3.99. The molecular weight excluding hydrogens is 378 g/mol. The summed E-state index contributed by atoms with van der Waals surface area (Å²) in [6.07, 6.45) is 3.24. The molecule has 2 fully saturated rings. The zero-order valence-corrected chi connectivity index (χ0v) is 16.2. The van der Waals surface area contributed by atoms with Gasteiger partial charge in [0.1, 0.15) is 19.8 Å². The molecule has 0 radical (unpaired) electrons. The third kappa shape index (κ3) is 3.64. The average molecular weight is 401 g/mol. The SMILES string of the molecule is C[C@@H](NC(=O)CN1C(=O)C(=O)N(C2CCCC2)C1=O)c1ccc2c(c1)OCCO2. The highest BCUT2D eigenvalue weighted by molar-refractivity contribution is 6.45. The quantitative estimate of drug-likeness (QED) is 0.590. The number of carbonyl (C=O) groups excluding carboxylic acids is 4. The van der Waals surface area contributed by atoms with Crippen LogP contribution >= 0.6 is 0 Å². The summed E-state index contributed by atoms with van der Waals surface area (Å²) in [7, 11) is 0. The number of benzene rings is 1. The molecule has 0 bridgehead atoms. The summed E-state index contributed by atoms with van der Waals surface area (Å²) in [5, 5.41) is 2.76. The molecule has 2 heterocycles. The summed E-state index contributed by atoms with van der Waals surface area (Å²) >= 11 is 0. The number of carbonyl (C=O) groups is 4. The second-order valence-corrected chi connectivity index (χ2v) is 7.48. The predicted molar refractivity (Wildman–Crippen MR) is 100 cm³/mol. The molecule has 0 spiro atoms. The van der Waals surface area contributed by atoms with Crippen molar-refractivity contribution in [3.05, 3.63) is 23.8 Å². The maximum atomic E-state index is 12.6. The van der Waals surface area contributed by atoms with Gasteiger partial charge in [0.15, 0.2) is 11.5 Å². The lowest BCUT2D eigenvalue weighted by Crippen LogP contribution is -2.43. The molecule has 154 valence electrons. The highest BCUT2D eigenvalue weighted by Crippen LogP contribution is 2.32. The minimum Gasteiger partial charge on any atom is -0.486 e. The van der Waals surface area contributed by atoms with E-state index in [1.165, 1.54) is 0 Å². The minimum absolute atomic E-state index is 0.247. The van der Waals surface area contributed by atoms with Crippen molar-refractivity contribution in [3.63, 3.8) is 0 Å². The number of fused-ring (bicyclic) bond motifs is 1. The van der Waals surface area contributed by atoms with E-state index in [1.54, 1.807) is 19.1 Å². The first-order valence-corrected chi connectivity index (χ1v) is 9.83.